The maximum Gasteiger partial charge on any atom is 0.416 e. The Morgan fingerprint density at radius 2 is 1.83 bits per heavy atom. The predicted octanol–water partition coefficient (Wildman–Crippen LogP) is 5.99. The molecular weight excluding hydrogens is 468 g/mol. The Balaban J connectivity index is 1.71. The monoisotopic (exact) mass is 484 g/mol. The van der Waals surface area contributed by atoms with Crippen molar-refractivity contribution in [3.05, 3.63) is 111 Å². The molecule has 0 spiro atoms. The smallest absolute Gasteiger partial charge is 0.313 e. The average molecular weight is 484 g/mol. The van der Waals surface area contributed by atoms with Crippen molar-refractivity contribution >= 4 is 28.9 Å². The first kappa shape index (κ1) is 23.6. The molecule has 2 aromatic carbocycles. The zero-order valence-electron chi connectivity index (χ0n) is 18.0. The molecule has 0 atom stereocenters. The second kappa shape index (κ2) is 9.01. The zero-order chi connectivity index (χ0) is 25.3. The van der Waals surface area contributed by atoms with Gasteiger partial charge in [0.2, 0.25) is 5.78 Å². The number of hydrogen-bond acceptors (Lipinski definition) is 5. The van der Waals surface area contributed by atoms with E-state index in [4.69, 9.17) is 0 Å². The first-order valence-corrected chi connectivity index (χ1v) is 10.1. The van der Waals surface area contributed by atoms with Crippen LogP contribution in [0.1, 0.15) is 32.7 Å². The number of nitrogens with one attached hydrogen (secondary N) is 1. The first-order valence-electron chi connectivity index (χ1n) is 10.1. The van der Waals surface area contributed by atoms with Crippen LogP contribution in [-0.4, -0.2) is 21.3 Å². The van der Waals surface area contributed by atoms with Crippen LogP contribution in [-0.2, 0) is 6.18 Å². The Kier molecular flexibility index (Phi) is 6.08. The summed E-state index contributed by atoms with van der Waals surface area (Å²) in [6.07, 6.45) is -1.74. The maximum absolute atomic E-state index is 13.3. The molecule has 0 unspecified atom stereocenters. The van der Waals surface area contributed by atoms with Crippen molar-refractivity contribution in [1.29, 1.82) is 0 Å². The molecule has 0 aliphatic rings. The van der Waals surface area contributed by atoms with Gasteiger partial charge in [-0.1, -0.05) is 6.07 Å². The van der Waals surface area contributed by atoms with Gasteiger partial charge in [-0.3, -0.25) is 20.3 Å². The highest BCUT2D eigenvalue weighted by Crippen LogP contribution is 2.35. The van der Waals surface area contributed by atoms with E-state index in [9.17, 15) is 32.5 Å². The molecule has 0 aliphatic heterocycles. The Morgan fingerprint density at radius 1 is 1.11 bits per heavy atom. The molecule has 7 nitrogen and oxygen atoms in total. The number of ketones is 1. The zero-order valence-corrected chi connectivity index (χ0v) is 18.0. The molecule has 178 valence electrons. The van der Waals surface area contributed by atoms with E-state index in [-0.39, 0.29) is 17.0 Å². The number of hydrazone groups is 1. The van der Waals surface area contributed by atoms with Crippen molar-refractivity contribution in [3.8, 4) is 0 Å². The van der Waals surface area contributed by atoms with E-state index in [1.165, 1.54) is 30.5 Å². The average Bonchev–Trinajstić information content (AvgIpc) is 3.09. The van der Waals surface area contributed by atoms with Crippen LogP contribution in [0, 0.1) is 22.9 Å². The minimum absolute atomic E-state index is 0.233. The fraction of sp³-hybridized carbons (Fsp3) is 0.0833. The topological polar surface area (TPSA) is 89.0 Å². The van der Waals surface area contributed by atoms with Gasteiger partial charge >= 0.3 is 6.18 Å². The fourth-order valence-electron chi connectivity index (χ4n) is 3.66. The highest BCUT2D eigenvalue weighted by molar-refractivity contribution is 6.12. The summed E-state index contributed by atoms with van der Waals surface area (Å²) in [5, 5.41) is 15.3. The largest absolute Gasteiger partial charge is 0.416 e. The number of rotatable bonds is 6. The predicted molar refractivity (Wildman–Crippen MR) is 121 cm³/mol. The molecule has 1 N–H and O–H groups in total. The van der Waals surface area contributed by atoms with Crippen LogP contribution in [0.2, 0.25) is 0 Å². The number of aromatic nitrogens is 1. The summed E-state index contributed by atoms with van der Waals surface area (Å²) in [5.41, 5.74) is 2.48. The lowest BCUT2D eigenvalue weighted by atomic mass is 10.0. The molecule has 0 radical (unpaired) electrons. The van der Waals surface area contributed by atoms with Gasteiger partial charge in [-0.05, 0) is 61.0 Å². The highest BCUT2D eigenvalue weighted by Gasteiger charge is 2.33. The molecule has 2 aromatic heterocycles. The van der Waals surface area contributed by atoms with Crippen LogP contribution < -0.4 is 5.43 Å². The van der Waals surface area contributed by atoms with Crippen LogP contribution in [0.15, 0.2) is 72.0 Å². The van der Waals surface area contributed by atoms with Crippen molar-refractivity contribution in [1.82, 2.24) is 4.40 Å². The van der Waals surface area contributed by atoms with Gasteiger partial charge in [-0.15, -0.1) is 0 Å². The summed E-state index contributed by atoms with van der Waals surface area (Å²) in [5.74, 6) is -0.829. The molecule has 35 heavy (non-hydrogen) atoms. The Bertz CT molecular complexity index is 1470. The van der Waals surface area contributed by atoms with Crippen LogP contribution in [0.5, 0.6) is 0 Å². The van der Waals surface area contributed by atoms with Crippen LogP contribution in [0.3, 0.4) is 0 Å². The third kappa shape index (κ3) is 4.60. The van der Waals surface area contributed by atoms with E-state index >= 15 is 0 Å². The number of nitrogens with zero attached hydrogens (tertiary/aromatic N) is 3. The standard InChI is InChI=1S/C24H16F4N4O3/c1-14-18(13-29-30-19-10-7-16(24(26,27)28)12-21(19)32(34)35)20-4-2-3-11-31(20)22(14)23(33)15-5-8-17(25)9-6-15/h2-13,30H,1H3. The van der Waals surface area contributed by atoms with Gasteiger partial charge in [-0.25, -0.2) is 4.39 Å². The SMILES string of the molecule is Cc1c(C=NNc2ccc(C(F)(F)F)cc2[N+](=O)[O-])c2ccccn2c1C(=O)c1ccc(F)cc1. The molecule has 11 heteroatoms. The summed E-state index contributed by atoms with van der Waals surface area (Å²) in [6.45, 7) is 1.69. The number of benzene rings is 2. The Morgan fingerprint density at radius 3 is 2.49 bits per heavy atom. The fourth-order valence-corrected chi connectivity index (χ4v) is 3.66. The first-order chi connectivity index (χ1) is 16.6. The molecule has 0 fully saturated rings. The third-order valence-corrected chi connectivity index (χ3v) is 5.36. The lowest BCUT2D eigenvalue weighted by Gasteiger charge is -2.08. The molecule has 4 rings (SSSR count). The summed E-state index contributed by atoms with van der Waals surface area (Å²) < 4.78 is 53.7. The number of carbonyl (C=O) groups is 1. The Labute approximate surface area is 195 Å². The number of carbonyl (C=O) groups excluding carboxylic acids is 1. The quantitative estimate of drug-likeness (QED) is 0.120. The minimum atomic E-state index is -4.73. The van der Waals surface area contributed by atoms with E-state index in [0.717, 1.165) is 6.07 Å². The third-order valence-electron chi connectivity index (χ3n) is 5.36. The number of pyridine rings is 1. The number of alkyl halides is 3. The number of anilines is 1. The van der Waals surface area contributed by atoms with Crippen molar-refractivity contribution in [3.63, 3.8) is 0 Å². The van der Waals surface area contributed by atoms with Crippen molar-refractivity contribution in [2.24, 2.45) is 5.10 Å². The van der Waals surface area contributed by atoms with Crippen LogP contribution >= 0.6 is 0 Å². The molecule has 0 aliphatic carbocycles. The van der Waals surface area contributed by atoms with E-state index in [1.807, 2.05) is 0 Å². The maximum atomic E-state index is 13.3. The summed E-state index contributed by atoms with van der Waals surface area (Å²) in [4.78, 5) is 23.5. The molecular formula is C24H16F4N4O3. The van der Waals surface area contributed by atoms with Gasteiger partial charge in [0.15, 0.2) is 0 Å². The van der Waals surface area contributed by atoms with Crippen molar-refractivity contribution in [2.45, 2.75) is 13.1 Å². The van der Waals surface area contributed by atoms with Gasteiger partial charge in [-0.2, -0.15) is 18.3 Å². The molecule has 0 amide bonds. The van der Waals surface area contributed by atoms with Crippen LogP contribution in [0.4, 0.5) is 28.9 Å². The number of fused-ring (bicyclic) bond motifs is 1. The normalized spacial score (nSPS) is 11.8. The molecule has 0 saturated heterocycles. The van der Waals surface area contributed by atoms with E-state index in [1.54, 1.807) is 35.7 Å². The summed E-state index contributed by atoms with van der Waals surface area (Å²) in [6, 6.07) is 12.4. The number of hydrogen-bond donors (Lipinski definition) is 1. The van der Waals surface area contributed by atoms with Gasteiger partial charge in [0, 0.05) is 23.4 Å². The van der Waals surface area contributed by atoms with Gasteiger partial charge in [0.25, 0.3) is 5.69 Å². The van der Waals surface area contributed by atoms with Gasteiger partial charge in [0.1, 0.15) is 11.5 Å². The van der Waals surface area contributed by atoms with Gasteiger partial charge < -0.3 is 4.40 Å². The molecule has 2 heterocycles. The molecule has 4 aromatic rings. The van der Waals surface area contributed by atoms with Crippen LogP contribution in [0.25, 0.3) is 5.52 Å². The summed E-state index contributed by atoms with van der Waals surface area (Å²) in [7, 11) is 0. The Hall–Kier alpha value is -4.54. The van der Waals surface area contributed by atoms with Gasteiger partial charge in [0.05, 0.1) is 27.9 Å². The highest BCUT2D eigenvalue weighted by atomic mass is 19.4. The molecule has 0 saturated carbocycles. The second-order valence-electron chi connectivity index (χ2n) is 7.54. The van der Waals surface area contributed by atoms with E-state index < -0.39 is 28.2 Å². The molecule has 0 bridgehead atoms. The lowest BCUT2D eigenvalue weighted by molar-refractivity contribution is -0.384. The summed E-state index contributed by atoms with van der Waals surface area (Å²) >= 11 is 0. The number of nitro groups is 1. The van der Waals surface area contributed by atoms with E-state index in [0.29, 0.717) is 34.5 Å². The number of halogens is 4. The van der Waals surface area contributed by atoms with Crippen molar-refractivity contribution in [2.75, 3.05) is 5.43 Å². The number of nitro benzene ring substituents is 1. The minimum Gasteiger partial charge on any atom is -0.313 e. The lowest BCUT2D eigenvalue weighted by Crippen LogP contribution is -2.07. The van der Waals surface area contributed by atoms with Crippen molar-refractivity contribution < 1.29 is 27.3 Å². The van der Waals surface area contributed by atoms with E-state index in [2.05, 4.69) is 10.5 Å². The second-order valence-corrected chi connectivity index (χ2v) is 7.54.